The Bertz CT molecular complexity index is 1020. The second-order valence-electron chi connectivity index (χ2n) is 7.21. The van der Waals surface area contributed by atoms with Crippen LogP contribution in [0.1, 0.15) is 35.7 Å². The van der Waals surface area contributed by atoms with Crippen LogP contribution in [-0.2, 0) is 11.2 Å². The molecule has 3 aromatic rings. The second-order valence-corrected chi connectivity index (χ2v) is 7.62. The van der Waals surface area contributed by atoms with Gasteiger partial charge in [-0.05, 0) is 31.9 Å². The zero-order valence-electron chi connectivity index (χ0n) is 15.9. The van der Waals surface area contributed by atoms with E-state index in [9.17, 15) is 9.18 Å². The molecule has 1 aliphatic rings. The normalized spacial score (nSPS) is 16.8. The molecule has 2 aromatic heterocycles. The molecule has 1 fully saturated rings. The summed E-state index contributed by atoms with van der Waals surface area (Å²) in [6.45, 7) is 2.98. The number of amides is 1. The molecule has 1 aromatic carbocycles. The van der Waals surface area contributed by atoms with Crippen molar-refractivity contribution in [3.63, 3.8) is 0 Å². The molecule has 8 heteroatoms. The van der Waals surface area contributed by atoms with Crippen LogP contribution in [0.5, 0.6) is 0 Å². The molecular weight excluding hydrogens is 395 g/mol. The minimum absolute atomic E-state index is 0.0344. The maximum atomic E-state index is 14.1. The number of rotatable bonds is 4. The molecule has 1 aliphatic heterocycles. The molecule has 1 atom stereocenters. The van der Waals surface area contributed by atoms with Crippen LogP contribution in [0.15, 0.2) is 41.3 Å². The predicted octanol–water partition coefficient (Wildman–Crippen LogP) is 4.18. The van der Waals surface area contributed by atoms with Crippen LogP contribution in [0, 0.1) is 12.7 Å². The molecule has 150 valence electrons. The predicted molar refractivity (Wildman–Crippen MR) is 106 cm³/mol. The van der Waals surface area contributed by atoms with Crippen LogP contribution in [0.4, 0.5) is 4.39 Å². The van der Waals surface area contributed by atoms with Crippen LogP contribution in [0.25, 0.3) is 11.3 Å². The van der Waals surface area contributed by atoms with E-state index in [1.165, 1.54) is 18.5 Å². The monoisotopic (exact) mass is 414 g/mol. The number of likely N-dealkylation sites (tertiary alicyclic amines) is 1. The lowest BCUT2D eigenvalue weighted by Crippen LogP contribution is -2.40. The van der Waals surface area contributed by atoms with Crippen molar-refractivity contribution in [3.8, 4) is 11.3 Å². The Kier molecular flexibility index (Phi) is 5.58. The minimum Gasteiger partial charge on any atom is -0.356 e. The molecule has 0 radical (unpaired) electrons. The largest absolute Gasteiger partial charge is 0.356 e. The number of carbonyl (C=O) groups excluding carboxylic acids is 1. The highest BCUT2D eigenvalue weighted by molar-refractivity contribution is 6.31. The summed E-state index contributed by atoms with van der Waals surface area (Å²) in [7, 11) is 0. The van der Waals surface area contributed by atoms with Crippen molar-refractivity contribution < 1.29 is 13.7 Å². The summed E-state index contributed by atoms with van der Waals surface area (Å²) in [6.07, 6.45) is 4.88. The summed E-state index contributed by atoms with van der Waals surface area (Å²) >= 11 is 6.08. The van der Waals surface area contributed by atoms with Gasteiger partial charge in [-0.25, -0.2) is 14.4 Å². The van der Waals surface area contributed by atoms with Gasteiger partial charge in [0.15, 0.2) is 5.76 Å². The Hall–Kier alpha value is -2.80. The van der Waals surface area contributed by atoms with Gasteiger partial charge in [0.2, 0.25) is 5.91 Å². The third kappa shape index (κ3) is 4.15. The van der Waals surface area contributed by atoms with Gasteiger partial charge >= 0.3 is 0 Å². The molecule has 0 bridgehead atoms. The SMILES string of the molecule is Cc1cc(-c2cncnc2[C@@H]2CCCN(C(=O)Cc3c(F)cccc3Cl)C2)on1. The molecule has 0 unspecified atom stereocenters. The smallest absolute Gasteiger partial charge is 0.227 e. The Balaban J connectivity index is 1.54. The van der Waals surface area contributed by atoms with Crippen LogP contribution in [0.2, 0.25) is 5.02 Å². The highest BCUT2D eigenvalue weighted by Crippen LogP contribution is 2.33. The van der Waals surface area contributed by atoms with Crippen LogP contribution >= 0.6 is 11.6 Å². The van der Waals surface area contributed by atoms with Gasteiger partial charge in [0, 0.05) is 41.9 Å². The summed E-state index contributed by atoms with van der Waals surface area (Å²) < 4.78 is 19.5. The molecule has 0 spiro atoms. The lowest BCUT2D eigenvalue weighted by atomic mass is 9.91. The molecular formula is C21H20ClFN4O2. The van der Waals surface area contributed by atoms with Gasteiger partial charge in [-0.3, -0.25) is 4.79 Å². The maximum Gasteiger partial charge on any atom is 0.227 e. The summed E-state index contributed by atoms with van der Waals surface area (Å²) in [6, 6.07) is 6.29. The molecule has 0 N–H and O–H groups in total. The summed E-state index contributed by atoms with van der Waals surface area (Å²) in [4.78, 5) is 23.2. The van der Waals surface area contributed by atoms with E-state index in [1.807, 2.05) is 13.0 Å². The lowest BCUT2D eigenvalue weighted by Gasteiger charge is -2.33. The first-order valence-corrected chi connectivity index (χ1v) is 9.85. The maximum absolute atomic E-state index is 14.1. The zero-order valence-corrected chi connectivity index (χ0v) is 16.7. The number of carbonyl (C=O) groups is 1. The fraction of sp³-hybridized carbons (Fsp3) is 0.333. The first-order valence-electron chi connectivity index (χ1n) is 9.47. The molecule has 1 saturated heterocycles. The first kappa shape index (κ1) is 19.5. The number of hydrogen-bond acceptors (Lipinski definition) is 5. The van der Waals surface area contributed by atoms with Gasteiger partial charge in [0.05, 0.1) is 23.4 Å². The highest BCUT2D eigenvalue weighted by Gasteiger charge is 2.29. The van der Waals surface area contributed by atoms with E-state index in [4.69, 9.17) is 16.1 Å². The van der Waals surface area contributed by atoms with E-state index in [-0.39, 0.29) is 28.8 Å². The van der Waals surface area contributed by atoms with Crippen molar-refractivity contribution in [2.45, 2.75) is 32.1 Å². The van der Waals surface area contributed by atoms with Crippen molar-refractivity contribution in [2.24, 2.45) is 0 Å². The fourth-order valence-electron chi connectivity index (χ4n) is 3.74. The fourth-order valence-corrected chi connectivity index (χ4v) is 3.97. The van der Waals surface area contributed by atoms with Crippen molar-refractivity contribution in [3.05, 3.63) is 64.6 Å². The molecule has 6 nitrogen and oxygen atoms in total. The average Bonchev–Trinajstić information content (AvgIpc) is 3.17. The van der Waals surface area contributed by atoms with Crippen molar-refractivity contribution in [1.29, 1.82) is 0 Å². The van der Waals surface area contributed by atoms with E-state index >= 15 is 0 Å². The topological polar surface area (TPSA) is 72.1 Å². The lowest BCUT2D eigenvalue weighted by molar-refractivity contribution is -0.131. The number of aryl methyl sites for hydroxylation is 1. The molecule has 3 heterocycles. The molecule has 1 amide bonds. The number of nitrogens with zero attached hydrogens (tertiary/aromatic N) is 4. The van der Waals surface area contributed by atoms with Crippen LogP contribution in [-0.4, -0.2) is 39.0 Å². The van der Waals surface area contributed by atoms with Crippen molar-refractivity contribution in [1.82, 2.24) is 20.0 Å². The van der Waals surface area contributed by atoms with Gasteiger partial charge in [-0.1, -0.05) is 22.8 Å². The van der Waals surface area contributed by atoms with E-state index < -0.39 is 5.82 Å². The summed E-state index contributed by atoms with van der Waals surface area (Å²) in [5, 5.41) is 4.21. The van der Waals surface area contributed by atoms with Gasteiger partial charge < -0.3 is 9.42 Å². The van der Waals surface area contributed by atoms with Crippen LogP contribution in [0.3, 0.4) is 0 Å². The Morgan fingerprint density at radius 1 is 1.41 bits per heavy atom. The highest BCUT2D eigenvalue weighted by atomic mass is 35.5. The van der Waals surface area contributed by atoms with Gasteiger partial charge in [-0.15, -0.1) is 0 Å². The Morgan fingerprint density at radius 3 is 3.03 bits per heavy atom. The quantitative estimate of drug-likeness (QED) is 0.640. The number of aromatic nitrogens is 3. The Morgan fingerprint density at radius 2 is 2.28 bits per heavy atom. The summed E-state index contributed by atoms with van der Waals surface area (Å²) in [5.74, 6) is 0.0397. The van der Waals surface area contributed by atoms with Crippen molar-refractivity contribution >= 4 is 17.5 Å². The zero-order chi connectivity index (χ0) is 20.4. The molecule has 0 aliphatic carbocycles. The number of benzene rings is 1. The molecule has 0 saturated carbocycles. The Labute approximate surface area is 172 Å². The van der Waals surface area contributed by atoms with Crippen LogP contribution < -0.4 is 0 Å². The molecule has 4 rings (SSSR count). The summed E-state index contributed by atoms with van der Waals surface area (Å²) in [5.41, 5.74) is 2.63. The van der Waals surface area contributed by atoms with E-state index in [0.717, 1.165) is 29.8 Å². The number of hydrogen-bond donors (Lipinski definition) is 0. The molecule has 29 heavy (non-hydrogen) atoms. The van der Waals surface area contributed by atoms with Gasteiger partial charge in [-0.2, -0.15) is 0 Å². The number of piperidine rings is 1. The third-order valence-corrected chi connectivity index (χ3v) is 5.54. The third-order valence-electron chi connectivity index (χ3n) is 5.19. The second kappa shape index (κ2) is 8.29. The standard InChI is InChI=1S/C21H20ClFN4O2/c1-13-8-19(29-26-13)16-10-24-12-25-21(16)14-4-3-7-27(11-14)20(28)9-15-17(22)5-2-6-18(15)23/h2,5-6,8,10,12,14H,3-4,7,9,11H2,1H3/t14-/m1/s1. The minimum atomic E-state index is -0.460. The van der Waals surface area contributed by atoms with E-state index in [1.54, 1.807) is 17.2 Å². The van der Waals surface area contributed by atoms with Gasteiger partial charge in [0.1, 0.15) is 12.1 Å². The van der Waals surface area contributed by atoms with Gasteiger partial charge in [0.25, 0.3) is 0 Å². The first-order chi connectivity index (χ1) is 14.0. The van der Waals surface area contributed by atoms with E-state index in [0.29, 0.717) is 18.8 Å². The number of halogens is 2. The van der Waals surface area contributed by atoms with Crippen molar-refractivity contribution in [2.75, 3.05) is 13.1 Å². The van der Waals surface area contributed by atoms with E-state index in [2.05, 4.69) is 15.1 Å². The average molecular weight is 415 g/mol.